The molecule has 1 N–H and O–H groups in total. The maximum absolute atomic E-state index is 13.5. The van der Waals surface area contributed by atoms with E-state index < -0.39 is 37.2 Å². The molecule has 17 heteroatoms. The number of nitrogens with zero attached hydrogens (tertiary/aromatic N) is 1. The Hall–Kier alpha value is -1.56. The van der Waals surface area contributed by atoms with E-state index in [4.69, 9.17) is 14.6 Å². The van der Waals surface area contributed by atoms with Crippen LogP contribution in [0.2, 0.25) is 0 Å². The van der Waals surface area contributed by atoms with E-state index in [1.807, 2.05) is 27.8 Å². The molecule has 2 unspecified atom stereocenters. The number of carbonyl (C=O) groups excluding carboxylic acids is 1. The number of hydrogen-bond acceptors (Lipinski definition) is 7. The summed E-state index contributed by atoms with van der Waals surface area (Å²) in [4.78, 5) is 15.3. The highest BCUT2D eigenvalue weighted by atomic mass is 33.1. The molecule has 0 spiro atoms. The Labute approximate surface area is 312 Å². The molecule has 1 amide bonds. The second-order valence-corrected chi connectivity index (χ2v) is 17.5. The van der Waals surface area contributed by atoms with Crippen LogP contribution in [0.25, 0.3) is 0 Å². The van der Waals surface area contributed by atoms with Crippen LogP contribution < -0.4 is 4.74 Å². The van der Waals surface area contributed by atoms with Gasteiger partial charge in [0, 0.05) is 37.3 Å². The molecule has 2 saturated carbocycles. The van der Waals surface area contributed by atoms with E-state index in [2.05, 4.69) is 17.7 Å². The highest BCUT2D eigenvalue weighted by molar-refractivity contribution is 8.76. The van der Waals surface area contributed by atoms with Crippen LogP contribution in [0, 0.1) is 17.3 Å². The average molecular weight is 810 g/mol. The van der Waals surface area contributed by atoms with Crippen LogP contribution in [0.15, 0.2) is 18.2 Å². The molecule has 0 aromatic heterocycles. The molecule has 1 saturated heterocycles. The van der Waals surface area contributed by atoms with Crippen LogP contribution in [0.4, 0.5) is 44.3 Å². The first-order chi connectivity index (χ1) is 24.9. The molecule has 3 fully saturated rings. The number of aliphatic hydroxyl groups is 1. The summed E-state index contributed by atoms with van der Waals surface area (Å²) in [6.07, 6.45) is -12.5. The second-order valence-electron chi connectivity index (χ2n) is 14.9. The summed E-state index contributed by atoms with van der Waals surface area (Å²) in [6, 6.07) is 5.98. The van der Waals surface area contributed by atoms with Gasteiger partial charge in [0.2, 0.25) is 0 Å². The lowest BCUT2D eigenvalue weighted by atomic mass is 9.55. The first-order valence-electron chi connectivity index (χ1n) is 18.4. The molecule has 1 aromatic carbocycles. The summed E-state index contributed by atoms with van der Waals surface area (Å²) in [5.74, 6) is 3.15. The van der Waals surface area contributed by atoms with E-state index in [9.17, 15) is 44.3 Å². The minimum absolute atomic E-state index is 0.103. The molecular formula is C36H48F9NO5S2. The zero-order valence-electron chi connectivity index (χ0n) is 29.6. The Bertz CT molecular complexity index is 1340. The van der Waals surface area contributed by atoms with E-state index in [1.165, 1.54) is 5.56 Å². The minimum atomic E-state index is -6.75. The molecule has 1 aliphatic heterocycles. The normalized spacial score (nSPS) is 27.9. The summed E-state index contributed by atoms with van der Waals surface area (Å²) in [5.41, 5.74) is -4.22. The fourth-order valence-electron chi connectivity index (χ4n) is 9.11. The van der Waals surface area contributed by atoms with E-state index >= 15 is 0 Å². The van der Waals surface area contributed by atoms with Crippen LogP contribution in [-0.4, -0.2) is 90.2 Å². The highest BCUT2D eigenvalue weighted by Gasteiger charge is 2.85. The van der Waals surface area contributed by atoms with Crippen molar-refractivity contribution < 1.29 is 63.6 Å². The minimum Gasteiger partial charge on any atom is -0.410 e. The fraction of sp³-hybridized carbons (Fsp3) is 0.806. The number of aryl methyl sites for hydroxylation is 1. The van der Waals surface area contributed by atoms with Gasteiger partial charge in [-0.25, -0.2) is 4.79 Å². The first-order valence-corrected chi connectivity index (χ1v) is 20.9. The molecule has 6 atom stereocenters. The summed E-state index contributed by atoms with van der Waals surface area (Å²) in [6.45, 7) is 1.07. The SMILES string of the molecule is C[C@]12CC[C@@H]3c4ccc(OC(=O)N(CCCCCCO)C5CCSSC5)cc4CCC3[C@@H]1CC[C@@H]2OCCCOC(C(F)(F)F)(C(F)(F)F)C(F)(F)F. The van der Waals surface area contributed by atoms with Crippen molar-refractivity contribution in [3.63, 3.8) is 0 Å². The van der Waals surface area contributed by atoms with Crippen LogP contribution in [0.5, 0.6) is 5.75 Å². The second kappa shape index (κ2) is 17.3. The summed E-state index contributed by atoms with van der Waals surface area (Å²) >= 11 is 0. The van der Waals surface area contributed by atoms with Gasteiger partial charge in [-0.1, -0.05) is 47.4 Å². The van der Waals surface area contributed by atoms with Gasteiger partial charge in [0.15, 0.2) is 0 Å². The summed E-state index contributed by atoms with van der Waals surface area (Å²) < 4.78 is 134. The number of fused-ring (bicyclic) bond motifs is 5. The van der Waals surface area contributed by atoms with Crippen LogP contribution in [0.3, 0.4) is 0 Å². The highest BCUT2D eigenvalue weighted by Crippen LogP contribution is 2.62. The predicted octanol–water partition coefficient (Wildman–Crippen LogP) is 10.3. The Morgan fingerprint density at radius 2 is 1.60 bits per heavy atom. The number of unbranched alkanes of at least 4 members (excludes halogenated alkanes) is 3. The third-order valence-electron chi connectivity index (χ3n) is 11.8. The zero-order chi connectivity index (χ0) is 38.7. The lowest BCUT2D eigenvalue weighted by Gasteiger charge is -2.50. The lowest BCUT2D eigenvalue weighted by Crippen LogP contribution is -2.67. The van der Waals surface area contributed by atoms with Gasteiger partial charge >= 0.3 is 30.2 Å². The van der Waals surface area contributed by atoms with Crippen LogP contribution in [-0.2, 0) is 15.9 Å². The van der Waals surface area contributed by atoms with Crippen molar-refractivity contribution in [3.05, 3.63) is 29.3 Å². The van der Waals surface area contributed by atoms with Crippen molar-refractivity contribution in [3.8, 4) is 5.75 Å². The van der Waals surface area contributed by atoms with Crippen molar-refractivity contribution in [2.24, 2.45) is 17.3 Å². The molecule has 53 heavy (non-hydrogen) atoms. The number of ether oxygens (including phenoxy) is 3. The van der Waals surface area contributed by atoms with Gasteiger partial charge in [0.05, 0.1) is 12.7 Å². The number of carbonyl (C=O) groups is 1. The average Bonchev–Trinajstić information content (AvgIpc) is 3.42. The zero-order valence-corrected chi connectivity index (χ0v) is 31.2. The van der Waals surface area contributed by atoms with Gasteiger partial charge in [0.1, 0.15) is 5.75 Å². The molecule has 5 rings (SSSR count). The molecular weight excluding hydrogens is 762 g/mol. The van der Waals surface area contributed by atoms with Crippen molar-refractivity contribution >= 4 is 27.7 Å². The number of halogens is 9. The van der Waals surface area contributed by atoms with Crippen molar-refractivity contribution in [1.82, 2.24) is 4.90 Å². The van der Waals surface area contributed by atoms with Gasteiger partial charge in [-0.2, -0.15) is 39.5 Å². The largest absolute Gasteiger partial charge is 0.435 e. The number of aliphatic hydroxyl groups excluding tert-OH is 1. The van der Waals surface area contributed by atoms with Gasteiger partial charge in [-0.05, 0) is 111 Å². The molecule has 1 aromatic rings. The van der Waals surface area contributed by atoms with Gasteiger partial charge in [-0.15, -0.1) is 0 Å². The van der Waals surface area contributed by atoms with E-state index in [-0.39, 0.29) is 48.7 Å². The third-order valence-corrected chi connectivity index (χ3v) is 14.3. The Morgan fingerprint density at radius 1 is 0.887 bits per heavy atom. The molecule has 6 nitrogen and oxygen atoms in total. The molecule has 0 radical (unpaired) electrons. The number of alkyl halides is 9. The number of benzene rings is 1. The van der Waals surface area contributed by atoms with Gasteiger partial charge in [0.25, 0.3) is 0 Å². The number of hydrogen-bond donors (Lipinski definition) is 1. The molecule has 302 valence electrons. The monoisotopic (exact) mass is 809 g/mol. The smallest absolute Gasteiger partial charge is 0.410 e. The quantitative estimate of drug-likeness (QED) is 0.114. The predicted molar refractivity (Wildman–Crippen MR) is 184 cm³/mol. The molecule has 1 heterocycles. The van der Waals surface area contributed by atoms with E-state index in [0.717, 1.165) is 81.3 Å². The Kier molecular flexibility index (Phi) is 13.9. The maximum Gasteiger partial charge on any atom is 0.435 e. The number of rotatable bonds is 14. The van der Waals surface area contributed by atoms with E-state index in [0.29, 0.717) is 24.6 Å². The standard InChI is InChI=1S/C36H48F9NO5S2/c1-32-15-13-27-26-10-8-25(51-31(48)46(16-4-2-3-5-17-47)24-14-20-52-53-22-24)21-23(26)7-9-28(27)29(32)11-12-30(32)49-18-6-19-50-33(34(37,38)39,35(40,41)42)36(43,44)45/h8,10,21,24,27-30,47H,2-7,9,11-20,22H2,1H3/t24?,27-,28?,29+,30+,32+/m1/s1. The van der Waals surface area contributed by atoms with Crippen molar-refractivity contribution in [1.29, 1.82) is 0 Å². The molecule has 3 aliphatic carbocycles. The van der Waals surface area contributed by atoms with Crippen molar-refractivity contribution in [2.75, 3.05) is 37.9 Å². The van der Waals surface area contributed by atoms with Crippen molar-refractivity contribution in [2.45, 2.75) is 126 Å². The van der Waals surface area contributed by atoms with Gasteiger partial charge in [-0.3, -0.25) is 0 Å². The lowest BCUT2D eigenvalue weighted by molar-refractivity contribution is -0.457. The summed E-state index contributed by atoms with van der Waals surface area (Å²) in [5, 5.41) is 9.08. The maximum atomic E-state index is 13.5. The summed E-state index contributed by atoms with van der Waals surface area (Å²) in [7, 11) is 3.57. The third kappa shape index (κ3) is 9.04. The first kappa shape index (κ1) is 42.6. The Balaban J connectivity index is 1.17. The van der Waals surface area contributed by atoms with E-state index in [1.54, 1.807) is 10.8 Å². The van der Waals surface area contributed by atoms with Gasteiger partial charge < -0.3 is 24.2 Å². The fourth-order valence-corrected chi connectivity index (χ4v) is 11.6. The Morgan fingerprint density at radius 3 is 2.26 bits per heavy atom. The topological polar surface area (TPSA) is 68.2 Å². The van der Waals surface area contributed by atoms with Crippen LogP contribution >= 0.6 is 21.6 Å². The number of amides is 1. The van der Waals surface area contributed by atoms with Crippen LogP contribution in [0.1, 0.15) is 94.6 Å². The molecule has 4 aliphatic rings. The molecule has 0 bridgehead atoms.